The lowest BCUT2D eigenvalue weighted by molar-refractivity contribution is 0.0306. The van der Waals surface area contributed by atoms with Crippen LogP contribution in [0.2, 0.25) is 0 Å². The first-order chi connectivity index (χ1) is 20.5. The van der Waals surface area contributed by atoms with Gasteiger partial charge in [0.25, 0.3) is 5.56 Å². The number of rotatable bonds is 6. The molecule has 1 aliphatic heterocycles. The predicted molar refractivity (Wildman–Crippen MR) is 169 cm³/mol. The predicted octanol–water partition coefficient (Wildman–Crippen LogP) is 5.27. The third-order valence-electron chi connectivity index (χ3n) is 10.9. The van der Waals surface area contributed by atoms with E-state index >= 15 is 0 Å². The Bertz CT molecular complexity index is 1850. The Balaban J connectivity index is 1.33. The van der Waals surface area contributed by atoms with Crippen LogP contribution in [0.25, 0.3) is 16.9 Å². The fraction of sp³-hybridized carbons (Fsp3) is 0.471. The van der Waals surface area contributed by atoms with Crippen molar-refractivity contribution in [3.05, 3.63) is 81.4 Å². The normalized spacial score (nSPS) is 24.1. The molecule has 9 nitrogen and oxygen atoms in total. The topological polar surface area (TPSA) is 101 Å². The van der Waals surface area contributed by atoms with Crippen LogP contribution in [0.15, 0.2) is 47.9 Å². The van der Waals surface area contributed by atoms with Gasteiger partial charge >= 0.3 is 0 Å². The monoisotopic (exact) mass is 579 g/mol. The van der Waals surface area contributed by atoms with Crippen molar-refractivity contribution in [1.82, 2.24) is 29.2 Å². The van der Waals surface area contributed by atoms with Gasteiger partial charge in [-0.25, -0.2) is 19.3 Å². The summed E-state index contributed by atoms with van der Waals surface area (Å²) in [5.41, 5.74) is 6.38. The lowest BCUT2D eigenvalue weighted by Crippen LogP contribution is -2.60. The molecule has 0 saturated heterocycles. The highest BCUT2D eigenvalue weighted by Crippen LogP contribution is 2.52. The molecule has 2 atom stereocenters. The minimum atomic E-state index is -0.967. The maximum absolute atomic E-state index is 13.5. The largest absolute Gasteiger partial charge is 0.384 e. The number of allylic oxidation sites excluding steroid dienone is 1. The lowest BCUT2D eigenvalue weighted by Gasteiger charge is -2.57. The highest BCUT2D eigenvalue weighted by atomic mass is 16.3. The van der Waals surface area contributed by atoms with E-state index in [0.717, 1.165) is 37.1 Å². The Hall–Kier alpha value is -3.82. The molecule has 0 bridgehead atoms. The number of fused-ring (bicyclic) bond motifs is 2. The van der Waals surface area contributed by atoms with Crippen LogP contribution in [0.4, 0.5) is 11.6 Å². The maximum atomic E-state index is 13.5. The van der Waals surface area contributed by atoms with E-state index in [2.05, 4.69) is 61.7 Å². The van der Waals surface area contributed by atoms with Gasteiger partial charge in [0.1, 0.15) is 11.0 Å². The molecule has 43 heavy (non-hydrogen) atoms. The quantitative estimate of drug-likeness (QED) is 0.300. The summed E-state index contributed by atoms with van der Waals surface area (Å²) in [6, 6.07) is 8.40. The second-order valence-corrected chi connectivity index (χ2v) is 13.4. The number of likely N-dealkylation sites (N-methyl/N-ethyl adjacent to an activating group) is 1. The molecule has 2 aliphatic carbocycles. The molecular formula is C34H41N7O2. The molecule has 1 aromatic carbocycles. The highest BCUT2D eigenvalue weighted by molar-refractivity contribution is 5.77. The van der Waals surface area contributed by atoms with Crippen molar-refractivity contribution < 1.29 is 5.11 Å². The summed E-state index contributed by atoms with van der Waals surface area (Å²) in [7, 11) is 2.22. The van der Waals surface area contributed by atoms with Crippen molar-refractivity contribution in [1.29, 1.82) is 0 Å². The summed E-state index contributed by atoms with van der Waals surface area (Å²) in [5, 5.41) is 15.1. The van der Waals surface area contributed by atoms with Crippen LogP contribution in [-0.2, 0) is 36.9 Å². The number of hydrogen-bond donors (Lipinski definition) is 2. The van der Waals surface area contributed by atoms with E-state index < -0.39 is 5.60 Å². The van der Waals surface area contributed by atoms with E-state index in [4.69, 9.17) is 9.97 Å². The zero-order valence-electron chi connectivity index (χ0n) is 25.9. The van der Waals surface area contributed by atoms with Gasteiger partial charge in [-0.15, -0.1) is 6.58 Å². The Labute approximate surface area is 252 Å². The molecule has 9 heteroatoms. The number of aryl methyl sites for hydroxylation is 2. The van der Waals surface area contributed by atoms with Gasteiger partial charge in [-0.3, -0.25) is 9.69 Å². The van der Waals surface area contributed by atoms with Crippen molar-refractivity contribution in [3.63, 3.8) is 0 Å². The number of pyridine rings is 1. The highest BCUT2D eigenvalue weighted by Gasteiger charge is 2.51. The summed E-state index contributed by atoms with van der Waals surface area (Å²) >= 11 is 0. The van der Waals surface area contributed by atoms with Crippen molar-refractivity contribution in [2.24, 2.45) is 0 Å². The first kappa shape index (κ1) is 28.0. The minimum absolute atomic E-state index is 0.0684. The molecule has 224 valence electrons. The second-order valence-electron chi connectivity index (χ2n) is 13.4. The van der Waals surface area contributed by atoms with E-state index in [9.17, 15) is 9.90 Å². The number of hydrogen-bond acceptors (Lipinski definition) is 7. The summed E-state index contributed by atoms with van der Waals surface area (Å²) in [4.78, 5) is 30.3. The Kier molecular flexibility index (Phi) is 6.24. The van der Waals surface area contributed by atoms with E-state index in [0.29, 0.717) is 41.3 Å². The smallest absolute Gasteiger partial charge is 0.278 e. The molecule has 0 saturated carbocycles. The van der Waals surface area contributed by atoms with Crippen LogP contribution >= 0.6 is 0 Å². The van der Waals surface area contributed by atoms with Crippen LogP contribution in [-0.4, -0.2) is 46.9 Å². The summed E-state index contributed by atoms with van der Waals surface area (Å²) in [6.45, 7) is 14.2. The molecule has 4 aromatic rings. The molecule has 0 spiro atoms. The minimum Gasteiger partial charge on any atom is -0.384 e. The SMILES string of the molecule is C=CCn1c(=O)c2cnc(Nc3cc4c5c(c3)CN(C)C(C)(C)C5(C)CCC4)nc2n1-c1ccc2c(n1)C(O)(CC)CC2. The fourth-order valence-electron chi connectivity index (χ4n) is 7.86. The van der Waals surface area contributed by atoms with Crippen LogP contribution in [0, 0.1) is 0 Å². The molecule has 3 aliphatic rings. The van der Waals surface area contributed by atoms with Gasteiger partial charge in [0, 0.05) is 29.4 Å². The molecular weight excluding hydrogens is 538 g/mol. The maximum Gasteiger partial charge on any atom is 0.278 e. The Morgan fingerprint density at radius 3 is 2.65 bits per heavy atom. The number of aliphatic hydroxyl groups is 1. The van der Waals surface area contributed by atoms with Crippen LogP contribution in [0.1, 0.15) is 81.3 Å². The van der Waals surface area contributed by atoms with Crippen molar-refractivity contribution in [3.8, 4) is 5.82 Å². The molecule has 2 unspecified atom stereocenters. The second kappa shape index (κ2) is 9.59. The number of benzene rings is 1. The van der Waals surface area contributed by atoms with Crippen molar-refractivity contribution in [2.45, 2.75) is 95.9 Å². The summed E-state index contributed by atoms with van der Waals surface area (Å²) in [5.74, 6) is 0.952. The van der Waals surface area contributed by atoms with Gasteiger partial charge in [-0.05, 0) is 99.9 Å². The van der Waals surface area contributed by atoms with E-state index in [1.807, 2.05) is 19.1 Å². The van der Waals surface area contributed by atoms with Gasteiger partial charge in [-0.1, -0.05) is 26.0 Å². The Morgan fingerprint density at radius 2 is 1.88 bits per heavy atom. The number of nitrogens with one attached hydrogen (secondary N) is 1. The summed E-state index contributed by atoms with van der Waals surface area (Å²) in [6.07, 6.45) is 8.69. The molecule has 3 aromatic heterocycles. The first-order valence-corrected chi connectivity index (χ1v) is 15.5. The van der Waals surface area contributed by atoms with Gasteiger partial charge in [0.15, 0.2) is 11.5 Å². The molecule has 2 N–H and O–H groups in total. The third kappa shape index (κ3) is 3.97. The van der Waals surface area contributed by atoms with Gasteiger partial charge in [0.2, 0.25) is 5.95 Å². The Morgan fingerprint density at radius 1 is 1.09 bits per heavy atom. The number of nitrogens with zero attached hydrogens (tertiary/aromatic N) is 6. The average Bonchev–Trinajstić information content (AvgIpc) is 3.45. The zero-order chi connectivity index (χ0) is 30.3. The first-order valence-electron chi connectivity index (χ1n) is 15.5. The molecule has 0 radical (unpaired) electrons. The fourth-order valence-corrected chi connectivity index (χ4v) is 7.86. The summed E-state index contributed by atoms with van der Waals surface area (Å²) < 4.78 is 3.31. The number of anilines is 2. The van der Waals surface area contributed by atoms with Crippen LogP contribution in [0.3, 0.4) is 0 Å². The molecule has 7 rings (SSSR count). The lowest BCUT2D eigenvalue weighted by atomic mass is 9.58. The average molecular weight is 580 g/mol. The van der Waals surface area contributed by atoms with E-state index in [-0.39, 0.29) is 23.1 Å². The zero-order valence-corrected chi connectivity index (χ0v) is 25.9. The molecule has 0 fully saturated rings. The third-order valence-corrected chi connectivity index (χ3v) is 10.9. The van der Waals surface area contributed by atoms with Crippen LogP contribution < -0.4 is 10.9 Å². The van der Waals surface area contributed by atoms with E-state index in [1.165, 1.54) is 23.1 Å². The van der Waals surface area contributed by atoms with Crippen LogP contribution in [0.5, 0.6) is 0 Å². The van der Waals surface area contributed by atoms with Gasteiger partial charge in [0.05, 0.1) is 12.2 Å². The van der Waals surface area contributed by atoms with Gasteiger partial charge in [-0.2, -0.15) is 4.98 Å². The standard InChI is InChI=1S/C34H41N7O2/c1-7-16-40-30(42)25-19-35-31(38-29(25)41(40)26-12-11-21-13-15-34(43,8-2)28(21)37-26)36-24-17-22-10-9-14-33(5)27(22)23(18-24)20-39(6)32(33,3)4/h7,11-12,17-19,43H,1,8-10,13-16,20H2,2-6H3,(H,35,36,38). The molecule has 4 heterocycles. The molecule has 0 amide bonds. The number of aromatic nitrogens is 5. The van der Waals surface area contributed by atoms with Crippen molar-refractivity contribution in [2.75, 3.05) is 12.4 Å². The van der Waals surface area contributed by atoms with Gasteiger partial charge < -0.3 is 10.4 Å². The van der Waals surface area contributed by atoms with E-state index in [1.54, 1.807) is 21.6 Å². The van der Waals surface area contributed by atoms with Crippen molar-refractivity contribution >= 4 is 22.7 Å².